The van der Waals surface area contributed by atoms with E-state index in [4.69, 9.17) is 20.3 Å². The molecule has 0 aromatic rings. The predicted molar refractivity (Wildman–Crippen MR) is 87.5 cm³/mol. The van der Waals surface area contributed by atoms with Crippen LogP contribution in [0.2, 0.25) is 18.1 Å². The molecule has 118 valence electrons. The first kappa shape index (κ1) is 16.8. The summed E-state index contributed by atoms with van der Waals surface area (Å²) in [5.74, 6) is 2.17. The minimum atomic E-state index is -1.86. The average Bonchev–Trinajstić information content (AvgIpc) is 2.75. The van der Waals surface area contributed by atoms with Gasteiger partial charge in [-0.05, 0) is 38.4 Å². The summed E-state index contributed by atoms with van der Waals surface area (Å²) in [6, 6.07) is 0. The maximum absolute atomic E-state index is 6.41. The molecule has 0 amide bonds. The molecule has 1 saturated heterocycles. The molecule has 0 saturated carbocycles. The van der Waals surface area contributed by atoms with Crippen molar-refractivity contribution in [3.63, 3.8) is 0 Å². The molecule has 0 aromatic heterocycles. The molecule has 1 aliphatic carbocycles. The van der Waals surface area contributed by atoms with Crippen LogP contribution in [0.4, 0.5) is 0 Å². The quantitative estimate of drug-likeness (QED) is 0.585. The van der Waals surface area contributed by atoms with Crippen LogP contribution in [0.1, 0.15) is 41.0 Å². The minimum absolute atomic E-state index is 0.0386. The number of ether oxygens (including phenoxy) is 2. The second-order valence-electron chi connectivity index (χ2n) is 8.04. The van der Waals surface area contributed by atoms with Crippen molar-refractivity contribution >= 4 is 8.32 Å². The molecule has 2 rings (SSSR count). The lowest BCUT2D eigenvalue weighted by atomic mass is 9.95. The van der Waals surface area contributed by atoms with Crippen LogP contribution in [-0.2, 0) is 13.9 Å². The van der Waals surface area contributed by atoms with Gasteiger partial charge in [0, 0.05) is 5.57 Å². The topological polar surface area (TPSA) is 27.7 Å². The van der Waals surface area contributed by atoms with E-state index in [-0.39, 0.29) is 11.1 Å². The normalized spacial score (nSPS) is 31.7. The zero-order valence-corrected chi connectivity index (χ0v) is 15.4. The molecule has 2 atom stereocenters. The summed E-state index contributed by atoms with van der Waals surface area (Å²) in [7, 11) is -1.86. The van der Waals surface area contributed by atoms with E-state index in [2.05, 4.69) is 45.9 Å². The van der Waals surface area contributed by atoms with Gasteiger partial charge < -0.3 is 13.9 Å². The Labute approximate surface area is 130 Å². The molecule has 0 bridgehead atoms. The highest BCUT2D eigenvalue weighted by atomic mass is 28.4. The van der Waals surface area contributed by atoms with Crippen molar-refractivity contribution in [1.82, 2.24) is 0 Å². The molecule has 1 fully saturated rings. The molecular weight excluding hydrogens is 280 g/mol. The summed E-state index contributed by atoms with van der Waals surface area (Å²) in [5, 5.41) is 0.159. The Morgan fingerprint density at radius 2 is 2.05 bits per heavy atom. The highest BCUT2D eigenvalue weighted by Gasteiger charge is 2.58. The van der Waals surface area contributed by atoms with Crippen LogP contribution >= 0.6 is 0 Å². The van der Waals surface area contributed by atoms with Gasteiger partial charge in [0.15, 0.2) is 19.7 Å². The van der Waals surface area contributed by atoms with Crippen molar-refractivity contribution in [3.05, 3.63) is 11.6 Å². The number of fused-ring (bicyclic) bond motifs is 1. The van der Waals surface area contributed by atoms with E-state index in [0.717, 1.165) is 12.0 Å². The fraction of sp³-hybridized carbons (Fsp3) is 0.765. The van der Waals surface area contributed by atoms with Gasteiger partial charge in [0.2, 0.25) is 0 Å². The lowest BCUT2D eigenvalue weighted by Gasteiger charge is -2.39. The van der Waals surface area contributed by atoms with Gasteiger partial charge in [-0.2, -0.15) is 0 Å². The Hall–Kier alpha value is -0.603. The van der Waals surface area contributed by atoms with E-state index >= 15 is 0 Å². The van der Waals surface area contributed by atoms with E-state index in [1.54, 1.807) is 0 Å². The van der Waals surface area contributed by atoms with Crippen molar-refractivity contribution in [1.29, 1.82) is 0 Å². The monoisotopic (exact) mass is 308 g/mol. The first-order valence-corrected chi connectivity index (χ1v) is 10.5. The highest BCUT2D eigenvalue weighted by Crippen LogP contribution is 2.48. The Morgan fingerprint density at radius 3 is 2.57 bits per heavy atom. The summed E-state index contributed by atoms with van der Waals surface area (Å²) in [5.41, 5.74) is 0.269. The second-order valence-corrected chi connectivity index (χ2v) is 12.9. The van der Waals surface area contributed by atoms with Crippen molar-refractivity contribution in [3.8, 4) is 12.3 Å². The van der Waals surface area contributed by atoms with Gasteiger partial charge in [-0.3, -0.25) is 0 Å². The fourth-order valence-electron chi connectivity index (χ4n) is 2.72. The van der Waals surface area contributed by atoms with E-state index < -0.39 is 19.7 Å². The van der Waals surface area contributed by atoms with Crippen molar-refractivity contribution in [2.45, 2.75) is 76.7 Å². The summed E-state index contributed by atoms with van der Waals surface area (Å²) in [4.78, 5) is 0. The molecule has 2 aliphatic rings. The number of hydrogen-bond acceptors (Lipinski definition) is 3. The van der Waals surface area contributed by atoms with Crippen LogP contribution in [0.15, 0.2) is 11.6 Å². The summed E-state index contributed by atoms with van der Waals surface area (Å²) >= 11 is 0. The second kappa shape index (κ2) is 4.96. The number of rotatable bonds is 3. The number of hydrogen-bond donors (Lipinski definition) is 0. The first-order chi connectivity index (χ1) is 9.44. The lowest BCUT2D eigenvalue weighted by molar-refractivity contribution is -0.162. The Morgan fingerprint density at radius 1 is 1.43 bits per heavy atom. The van der Waals surface area contributed by atoms with E-state index in [9.17, 15) is 0 Å². The molecule has 4 heteroatoms. The van der Waals surface area contributed by atoms with Crippen LogP contribution < -0.4 is 0 Å². The fourth-order valence-corrected chi connectivity index (χ4v) is 3.72. The predicted octanol–water partition coefficient (Wildman–Crippen LogP) is 3.86. The maximum atomic E-state index is 6.41. The largest absolute Gasteiger partial charge is 0.413 e. The zero-order chi connectivity index (χ0) is 16.1. The third-order valence-corrected chi connectivity index (χ3v) is 9.45. The Balaban J connectivity index is 2.23. The molecule has 3 nitrogen and oxygen atoms in total. The van der Waals surface area contributed by atoms with E-state index in [1.165, 1.54) is 0 Å². The molecule has 1 aliphatic heterocycles. The first-order valence-electron chi connectivity index (χ1n) is 7.63. The van der Waals surface area contributed by atoms with Crippen molar-refractivity contribution in [2.75, 3.05) is 6.61 Å². The van der Waals surface area contributed by atoms with Gasteiger partial charge in [0.1, 0.15) is 6.10 Å². The molecule has 0 N–H and O–H groups in total. The Kier molecular flexibility index (Phi) is 3.96. The molecular formula is C17H28O3Si. The Bertz CT molecular complexity index is 493. The standard InChI is InChI=1S/C17H28O3Si/c1-9-13-10-11-14-17(13,20-16(5,6)19-14)12-18-21(7,8)15(2,3)4/h1,10,14H,11-12H2,2-8H3/t14-,17+/m1/s1. The maximum Gasteiger partial charge on any atom is 0.192 e. The van der Waals surface area contributed by atoms with Crippen LogP contribution in [0.25, 0.3) is 0 Å². The zero-order valence-electron chi connectivity index (χ0n) is 14.4. The van der Waals surface area contributed by atoms with Crippen LogP contribution in [0.3, 0.4) is 0 Å². The van der Waals surface area contributed by atoms with Crippen molar-refractivity contribution < 1.29 is 13.9 Å². The third kappa shape index (κ3) is 2.85. The molecule has 0 spiro atoms. The van der Waals surface area contributed by atoms with Gasteiger partial charge in [-0.15, -0.1) is 6.42 Å². The van der Waals surface area contributed by atoms with Crippen LogP contribution in [0.5, 0.6) is 0 Å². The summed E-state index contributed by atoms with van der Waals surface area (Å²) in [6.07, 6.45) is 8.50. The van der Waals surface area contributed by atoms with Gasteiger partial charge in [-0.25, -0.2) is 0 Å². The van der Waals surface area contributed by atoms with Crippen LogP contribution in [-0.4, -0.2) is 32.4 Å². The highest BCUT2D eigenvalue weighted by molar-refractivity contribution is 6.74. The average molecular weight is 308 g/mol. The smallest absolute Gasteiger partial charge is 0.192 e. The molecule has 21 heavy (non-hydrogen) atoms. The van der Waals surface area contributed by atoms with Crippen molar-refractivity contribution in [2.24, 2.45) is 0 Å². The van der Waals surface area contributed by atoms with Gasteiger partial charge in [-0.1, -0.05) is 32.8 Å². The number of terminal acetylenes is 1. The lowest BCUT2D eigenvalue weighted by Crippen LogP contribution is -2.50. The van der Waals surface area contributed by atoms with Crippen LogP contribution in [0, 0.1) is 12.3 Å². The summed E-state index contributed by atoms with van der Waals surface area (Å²) in [6.45, 7) is 15.5. The minimum Gasteiger partial charge on any atom is -0.413 e. The molecule has 0 radical (unpaired) electrons. The SMILES string of the molecule is C#CC1=CC[C@H]2OC(C)(C)O[C@@]12CO[Si](C)(C)C(C)(C)C. The third-order valence-electron chi connectivity index (χ3n) is 4.98. The molecule has 0 aromatic carbocycles. The summed E-state index contributed by atoms with van der Waals surface area (Å²) < 4.78 is 18.7. The van der Waals surface area contributed by atoms with E-state index in [1.807, 2.05) is 13.8 Å². The molecule has 1 heterocycles. The van der Waals surface area contributed by atoms with Gasteiger partial charge in [0.25, 0.3) is 0 Å². The molecule has 0 unspecified atom stereocenters. The van der Waals surface area contributed by atoms with Gasteiger partial charge in [0.05, 0.1) is 6.61 Å². The van der Waals surface area contributed by atoms with E-state index in [0.29, 0.717) is 6.61 Å². The van der Waals surface area contributed by atoms with Gasteiger partial charge >= 0.3 is 0 Å².